The minimum absolute atomic E-state index is 0.0203. The molecule has 1 aliphatic rings. The molecule has 4 aromatic rings. The lowest BCUT2D eigenvalue weighted by atomic mass is 10.1. The molecule has 4 heterocycles. The van der Waals surface area contributed by atoms with Crippen molar-refractivity contribution in [3.63, 3.8) is 0 Å². The maximum atomic E-state index is 13.3. The molecule has 0 aliphatic carbocycles. The van der Waals surface area contributed by atoms with Crippen LogP contribution in [0.5, 0.6) is 0 Å². The summed E-state index contributed by atoms with van der Waals surface area (Å²) < 4.78 is 10.6. The molecule has 2 amide bonds. The lowest BCUT2D eigenvalue weighted by Gasteiger charge is -2.23. The molecular formula is C27H31N7O4S. The fraction of sp³-hybridized carbons (Fsp3) is 0.407. The predicted octanol–water partition coefficient (Wildman–Crippen LogP) is 5.06. The molecule has 1 fully saturated rings. The Hall–Kier alpha value is -4.06. The van der Waals surface area contributed by atoms with Crippen molar-refractivity contribution in [3.05, 3.63) is 46.9 Å². The van der Waals surface area contributed by atoms with Crippen LogP contribution in [0, 0.1) is 13.8 Å². The fourth-order valence-corrected chi connectivity index (χ4v) is 5.32. The van der Waals surface area contributed by atoms with E-state index in [0.29, 0.717) is 40.5 Å². The number of ether oxygens (including phenoxy) is 1. The molecule has 39 heavy (non-hydrogen) atoms. The third-order valence-corrected chi connectivity index (χ3v) is 7.51. The van der Waals surface area contributed by atoms with Crippen molar-refractivity contribution < 1.29 is 18.8 Å². The van der Waals surface area contributed by atoms with Crippen molar-refractivity contribution in [2.75, 3.05) is 30.4 Å². The second-order valence-corrected chi connectivity index (χ2v) is 11.5. The van der Waals surface area contributed by atoms with Crippen molar-refractivity contribution in [1.82, 2.24) is 25.0 Å². The van der Waals surface area contributed by atoms with Gasteiger partial charge in [0.15, 0.2) is 5.13 Å². The molecule has 0 bridgehead atoms. The summed E-state index contributed by atoms with van der Waals surface area (Å²) >= 11 is 1.16. The first-order valence-corrected chi connectivity index (χ1v) is 13.5. The van der Waals surface area contributed by atoms with Crippen LogP contribution in [-0.2, 0) is 4.74 Å². The number of aromatic nitrogens is 4. The average molecular weight is 550 g/mol. The van der Waals surface area contributed by atoms with E-state index in [2.05, 4.69) is 25.4 Å². The number of anilines is 2. The van der Waals surface area contributed by atoms with Crippen molar-refractivity contribution in [1.29, 1.82) is 0 Å². The van der Waals surface area contributed by atoms with E-state index in [1.807, 2.05) is 45.0 Å². The highest BCUT2D eigenvalue weighted by molar-refractivity contribution is 7.17. The van der Waals surface area contributed by atoms with Gasteiger partial charge in [0.05, 0.1) is 5.69 Å². The number of rotatable bonds is 5. The first kappa shape index (κ1) is 26.5. The highest BCUT2D eigenvalue weighted by Gasteiger charge is 2.31. The van der Waals surface area contributed by atoms with Crippen LogP contribution in [0.15, 0.2) is 35.0 Å². The van der Waals surface area contributed by atoms with Gasteiger partial charge in [-0.05, 0) is 51.6 Å². The number of nitrogens with one attached hydrogen (secondary N) is 1. The maximum absolute atomic E-state index is 13.3. The van der Waals surface area contributed by atoms with Gasteiger partial charge in [-0.3, -0.25) is 4.90 Å². The third kappa shape index (κ3) is 5.70. The van der Waals surface area contributed by atoms with Gasteiger partial charge in [-0.25, -0.2) is 19.6 Å². The molecule has 11 nitrogen and oxygen atoms in total. The van der Waals surface area contributed by atoms with Gasteiger partial charge in [-0.2, -0.15) is 4.98 Å². The standard InChI is InChI=1S/C27H31N7O4S/c1-15-21(24(35)37-27(3,4)5)39-25(29-15)33(6)26(36)34-12-10-19(14-34)31-23-20-13-18(22-30-16(2)38-32-22)8-7-17(20)9-11-28-23/h7-9,11,13,19H,10,12,14H2,1-6H3,(H,28,31)/t19-/m0/s1. The molecule has 0 unspecified atom stereocenters. The van der Waals surface area contributed by atoms with E-state index in [0.717, 1.165) is 39.9 Å². The Balaban J connectivity index is 1.28. The largest absolute Gasteiger partial charge is 0.456 e. The predicted molar refractivity (Wildman–Crippen MR) is 149 cm³/mol. The Kier molecular flexibility index (Phi) is 6.98. The molecule has 204 valence electrons. The molecule has 0 saturated carbocycles. The van der Waals surface area contributed by atoms with Gasteiger partial charge in [-0.1, -0.05) is 28.6 Å². The fourth-order valence-electron chi connectivity index (χ4n) is 4.42. The van der Waals surface area contributed by atoms with E-state index in [4.69, 9.17) is 9.26 Å². The summed E-state index contributed by atoms with van der Waals surface area (Å²) in [7, 11) is 1.67. The van der Waals surface area contributed by atoms with E-state index in [1.54, 1.807) is 32.0 Å². The summed E-state index contributed by atoms with van der Waals surface area (Å²) in [4.78, 5) is 42.9. The molecule has 0 radical (unpaired) electrons. The van der Waals surface area contributed by atoms with Gasteiger partial charge in [0, 0.05) is 50.2 Å². The number of pyridine rings is 1. The summed E-state index contributed by atoms with van der Waals surface area (Å²) in [6.45, 7) is 10.0. The quantitative estimate of drug-likeness (QED) is 0.340. The molecule has 3 aromatic heterocycles. The number of thiazole rings is 1. The van der Waals surface area contributed by atoms with Crippen molar-refractivity contribution in [2.24, 2.45) is 0 Å². The topological polar surface area (TPSA) is 127 Å². The number of nitrogens with zero attached hydrogens (tertiary/aromatic N) is 6. The van der Waals surface area contributed by atoms with Crippen LogP contribution in [0.25, 0.3) is 22.2 Å². The van der Waals surface area contributed by atoms with Gasteiger partial charge in [0.1, 0.15) is 16.3 Å². The Morgan fingerprint density at radius 2 is 2.00 bits per heavy atom. The number of likely N-dealkylation sites (tertiary alicyclic amines) is 1. The zero-order valence-electron chi connectivity index (χ0n) is 22.8. The molecule has 0 spiro atoms. The second kappa shape index (κ2) is 10.3. The smallest absolute Gasteiger partial charge is 0.350 e. The highest BCUT2D eigenvalue weighted by atomic mass is 32.1. The van der Waals surface area contributed by atoms with Gasteiger partial charge >= 0.3 is 12.0 Å². The maximum Gasteiger partial charge on any atom is 0.350 e. The molecule has 1 atom stereocenters. The van der Waals surface area contributed by atoms with Crippen LogP contribution < -0.4 is 10.2 Å². The number of benzene rings is 1. The van der Waals surface area contributed by atoms with Gasteiger partial charge in [0.2, 0.25) is 11.7 Å². The van der Waals surface area contributed by atoms with Gasteiger partial charge < -0.3 is 19.5 Å². The summed E-state index contributed by atoms with van der Waals surface area (Å²) in [5.41, 5.74) is 0.770. The van der Waals surface area contributed by atoms with Crippen LogP contribution in [0.3, 0.4) is 0 Å². The number of fused-ring (bicyclic) bond motifs is 1. The van der Waals surface area contributed by atoms with Crippen LogP contribution >= 0.6 is 11.3 Å². The zero-order valence-corrected chi connectivity index (χ0v) is 23.6. The van der Waals surface area contributed by atoms with Crippen LogP contribution in [0.1, 0.15) is 48.4 Å². The molecule has 5 rings (SSSR count). The van der Waals surface area contributed by atoms with Crippen LogP contribution in [-0.4, -0.2) is 68.8 Å². The number of aryl methyl sites for hydroxylation is 2. The number of esters is 1. The number of urea groups is 1. The second-order valence-electron chi connectivity index (χ2n) is 10.6. The van der Waals surface area contributed by atoms with Crippen molar-refractivity contribution >= 4 is 45.1 Å². The Labute approximate surface area is 230 Å². The lowest BCUT2D eigenvalue weighted by Crippen LogP contribution is -2.41. The SMILES string of the molecule is Cc1nc(-c2ccc3ccnc(N[C@H]4CCN(C(=O)N(C)c5nc(C)c(C(=O)OC(C)(C)C)s5)C4)c3c2)no1. The van der Waals surface area contributed by atoms with E-state index < -0.39 is 11.6 Å². The van der Waals surface area contributed by atoms with Gasteiger partial charge in [0.25, 0.3) is 0 Å². The summed E-state index contributed by atoms with van der Waals surface area (Å²) in [6, 6.07) is 7.75. The number of hydrogen-bond acceptors (Lipinski definition) is 10. The Morgan fingerprint density at radius 3 is 2.72 bits per heavy atom. The molecule has 1 N–H and O–H groups in total. The summed E-state index contributed by atoms with van der Waals surface area (Å²) in [5.74, 6) is 1.33. The van der Waals surface area contributed by atoms with Gasteiger partial charge in [-0.15, -0.1) is 0 Å². The van der Waals surface area contributed by atoms with E-state index in [9.17, 15) is 9.59 Å². The number of hydrogen-bond donors (Lipinski definition) is 1. The summed E-state index contributed by atoms with van der Waals surface area (Å²) in [5, 5.41) is 9.96. The molecule has 1 saturated heterocycles. The molecule has 1 aliphatic heterocycles. The zero-order chi connectivity index (χ0) is 27.9. The minimum atomic E-state index is -0.612. The first-order chi connectivity index (χ1) is 18.5. The monoisotopic (exact) mass is 549 g/mol. The van der Waals surface area contributed by atoms with E-state index >= 15 is 0 Å². The minimum Gasteiger partial charge on any atom is -0.456 e. The van der Waals surface area contributed by atoms with Crippen LogP contribution in [0.2, 0.25) is 0 Å². The lowest BCUT2D eigenvalue weighted by molar-refractivity contribution is 0.00741. The third-order valence-electron chi connectivity index (χ3n) is 6.29. The van der Waals surface area contributed by atoms with E-state index in [1.165, 1.54) is 4.90 Å². The number of carbonyl (C=O) groups is 2. The Bertz CT molecular complexity index is 1540. The number of amides is 2. The average Bonchev–Trinajstić information content (AvgIpc) is 3.62. The first-order valence-electron chi connectivity index (χ1n) is 12.7. The van der Waals surface area contributed by atoms with Crippen molar-refractivity contribution in [2.45, 2.75) is 52.7 Å². The normalized spacial score (nSPS) is 15.5. The van der Waals surface area contributed by atoms with E-state index in [-0.39, 0.29) is 12.1 Å². The molecule has 12 heteroatoms. The Morgan fingerprint density at radius 1 is 1.21 bits per heavy atom. The molecular weight excluding hydrogens is 518 g/mol. The van der Waals surface area contributed by atoms with Crippen LogP contribution in [0.4, 0.5) is 15.7 Å². The summed E-state index contributed by atoms with van der Waals surface area (Å²) in [6.07, 6.45) is 2.53. The molecule has 1 aromatic carbocycles. The highest BCUT2D eigenvalue weighted by Crippen LogP contribution is 2.30. The number of carbonyl (C=O) groups excluding carboxylic acids is 2. The van der Waals surface area contributed by atoms with Crippen molar-refractivity contribution in [3.8, 4) is 11.4 Å².